The van der Waals surface area contributed by atoms with Gasteiger partial charge in [-0.2, -0.15) is 0 Å². The largest absolute Gasteiger partial charge is 0.493 e. The third kappa shape index (κ3) is 5.08. The number of pyridine rings is 1. The first-order valence-corrected chi connectivity index (χ1v) is 11.7. The number of anilines is 1. The Balaban J connectivity index is 1.36. The minimum Gasteiger partial charge on any atom is -0.493 e. The first kappa shape index (κ1) is 23.2. The van der Waals surface area contributed by atoms with E-state index in [2.05, 4.69) is 10.3 Å². The number of hydrogen-bond acceptors (Lipinski definition) is 5. The minimum absolute atomic E-state index is 0.0155. The Labute approximate surface area is 209 Å². The molecule has 0 aliphatic carbocycles. The number of nitrogens with one attached hydrogen (secondary N) is 1. The lowest BCUT2D eigenvalue weighted by Crippen LogP contribution is -2.12. The van der Waals surface area contributed by atoms with Crippen LogP contribution in [0.3, 0.4) is 0 Å². The van der Waals surface area contributed by atoms with E-state index in [1.54, 1.807) is 20.4 Å². The number of aromatic nitrogens is 1. The van der Waals surface area contributed by atoms with Crippen molar-refractivity contribution in [3.05, 3.63) is 96.7 Å². The Morgan fingerprint density at radius 3 is 2.39 bits per heavy atom. The molecule has 4 aromatic carbocycles. The van der Waals surface area contributed by atoms with E-state index in [4.69, 9.17) is 14.2 Å². The van der Waals surface area contributed by atoms with Crippen LogP contribution in [-0.2, 0) is 11.2 Å². The molecule has 0 aliphatic heterocycles. The number of amides is 1. The van der Waals surface area contributed by atoms with Crippen molar-refractivity contribution in [1.82, 2.24) is 4.98 Å². The molecule has 0 radical (unpaired) electrons. The Hall–Kier alpha value is -4.58. The fourth-order valence-corrected chi connectivity index (χ4v) is 4.16. The van der Waals surface area contributed by atoms with E-state index in [9.17, 15) is 4.79 Å². The molecule has 0 atom stereocenters. The van der Waals surface area contributed by atoms with Gasteiger partial charge in [0.05, 0.1) is 19.7 Å². The highest BCUT2D eigenvalue weighted by molar-refractivity contribution is 5.95. The first-order chi connectivity index (χ1) is 17.6. The maximum Gasteiger partial charge on any atom is 0.224 e. The number of benzene rings is 4. The minimum atomic E-state index is -0.0155. The lowest BCUT2D eigenvalue weighted by atomic mass is 10.1. The Bertz CT molecular complexity index is 1530. The van der Waals surface area contributed by atoms with Crippen LogP contribution in [0.1, 0.15) is 12.0 Å². The van der Waals surface area contributed by atoms with Gasteiger partial charge in [0.2, 0.25) is 5.91 Å². The van der Waals surface area contributed by atoms with Crippen LogP contribution < -0.4 is 19.5 Å². The predicted octanol–water partition coefficient (Wildman–Crippen LogP) is 6.77. The van der Waals surface area contributed by atoms with E-state index >= 15 is 0 Å². The van der Waals surface area contributed by atoms with Crippen molar-refractivity contribution in [3.63, 3.8) is 0 Å². The molecule has 0 spiro atoms. The summed E-state index contributed by atoms with van der Waals surface area (Å²) in [6, 6.07) is 27.3. The van der Waals surface area contributed by atoms with Crippen molar-refractivity contribution >= 4 is 33.3 Å². The third-order valence-corrected chi connectivity index (χ3v) is 6.01. The van der Waals surface area contributed by atoms with E-state index in [0.717, 1.165) is 32.9 Å². The molecule has 1 heterocycles. The number of carbonyl (C=O) groups excluding carboxylic acids is 1. The van der Waals surface area contributed by atoms with Gasteiger partial charge in [-0.15, -0.1) is 0 Å². The summed E-state index contributed by atoms with van der Waals surface area (Å²) in [6.45, 7) is 0. The number of methoxy groups -OCH3 is 2. The number of hydrogen-bond donors (Lipinski definition) is 1. The molecule has 1 aromatic heterocycles. The molecule has 0 fully saturated rings. The van der Waals surface area contributed by atoms with E-state index in [0.29, 0.717) is 35.8 Å². The van der Waals surface area contributed by atoms with Gasteiger partial charge < -0.3 is 19.5 Å². The number of aryl methyl sites for hydroxylation is 1. The summed E-state index contributed by atoms with van der Waals surface area (Å²) in [6.07, 6.45) is 2.83. The molecule has 0 saturated carbocycles. The van der Waals surface area contributed by atoms with Crippen LogP contribution in [-0.4, -0.2) is 25.1 Å². The van der Waals surface area contributed by atoms with Crippen LogP contribution in [0.25, 0.3) is 21.7 Å². The number of ether oxygens (including phenoxy) is 3. The molecule has 0 aliphatic rings. The van der Waals surface area contributed by atoms with Crippen LogP contribution in [0.15, 0.2) is 91.1 Å². The highest BCUT2D eigenvalue weighted by Gasteiger charge is 2.12. The normalized spacial score (nSPS) is 10.8. The smallest absolute Gasteiger partial charge is 0.224 e. The summed E-state index contributed by atoms with van der Waals surface area (Å²) in [7, 11) is 3.20. The van der Waals surface area contributed by atoms with Crippen molar-refractivity contribution in [2.75, 3.05) is 19.5 Å². The lowest BCUT2D eigenvalue weighted by Gasteiger charge is -2.13. The van der Waals surface area contributed by atoms with Gasteiger partial charge in [-0.3, -0.25) is 9.78 Å². The van der Waals surface area contributed by atoms with E-state index in [1.807, 2.05) is 84.9 Å². The van der Waals surface area contributed by atoms with Crippen molar-refractivity contribution in [2.24, 2.45) is 0 Å². The zero-order chi connectivity index (χ0) is 24.9. The summed E-state index contributed by atoms with van der Waals surface area (Å²) in [5, 5.41) is 5.84. The molecule has 0 bridgehead atoms. The van der Waals surface area contributed by atoms with Crippen molar-refractivity contribution in [3.8, 4) is 23.0 Å². The second-order valence-electron chi connectivity index (χ2n) is 8.39. The molecule has 36 heavy (non-hydrogen) atoms. The summed E-state index contributed by atoms with van der Waals surface area (Å²) < 4.78 is 17.1. The summed E-state index contributed by atoms with van der Waals surface area (Å²) in [5.74, 6) is 2.54. The molecule has 1 amide bonds. The Morgan fingerprint density at radius 2 is 1.58 bits per heavy atom. The van der Waals surface area contributed by atoms with Gasteiger partial charge in [-0.1, -0.05) is 42.5 Å². The van der Waals surface area contributed by atoms with Crippen LogP contribution in [0.2, 0.25) is 0 Å². The average molecular weight is 479 g/mol. The maximum atomic E-state index is 12.5. The molecule has 0 saturated heterocycles. The second-order valence-corrected chi connectivity index (χ2v) is 8.39. The summed E-state index contributed by atoms with van der Waals surface area (Å²) in [5.41, 5.74) is 2.64. The fourth-order valence-electron chi connectivity index (χ4n) is 4.16. The predicted molar refractivity (Wildman–Crippen MR) is 142 cm³/mol. The van der Waals surface area contributed by atoms with Crippen LogP contribution >= 0.6 is 0 Å². The van der Waals surface area contributed by atoms with Gasteiger partial charge in [0.15, 0.2) is 11.5 Å². The van der Waals surface area contributed by atoms with Crippen molar-refractivity contribution < 1.29 is 19.0 Å². The van der Waals surface area contributed by atoms with Crippen LogP contribution in [0.4, 0.5) is 5.69 Å². The second kappa shape index (κ2) is 10.4. The monoisotopic (exact) mass is 478 g/mol. The number of fused-ring (bicyclic) bond motifs is 2. The lowest BCUT2D eigenvalue weighted by molar-refractivity contribution is -0.116. The zero-order valence-electron chi connectivity index (χ0n) is 20.2. The summed E-state index contributed by atoms with van der Waals surface area (Å²) in [4.78, 5) is 16.9. The Kier molecular flexibility index (Phi) is 6.67. The molecule has 5 rings (SSSR count). The molecular weight excluding hydrogens is 452 g/mol. The van der Waals surface area contributed by atoms with E-state index < -0.39 is 0 Å². The third-order valence-electron chi connectivity index (χ3n) is 6.01. The number of rotatable bonds is 8. The number of nitrogens with zero attached hydrogens (tertiary/aromatic N) is 1. The highest BCUT2D eigenvalue weighted by atomic mass is 16.5. The standard InChI is InChI=1S/C30H26N2O4/c1-34-28-18-25-26(19-29(28)35-2)31-15-14-27(25)36-24-12-10-21-9-11-23(16-22(21)17-24)32-30(33)13-8-20-6-4-3-5-7-20/h3-7,9-12,14-19H,8,13H2,1-2H3,(H,32,33). The molecule has 6 nitrogen and oxygen atoms in total. The van der Waals surface area contributed by atoms with Crippen LogP contribution in [0, 0.1) is 0 Å². The zero-order valence-corrected chi connectivity index (χ0v) is 20.2. The Morgan fingerprint density at radius 1 is 0.806 bits per heavy atom. The molecule has 1 N–H and O–H groups in total. The summed E-state index contributed by atoms with van der Waals surface area (Å²) >= 11 is 0. The maximum absolute atomic E-state index is 12.5. The van der Waals surface area contributed by atoms with Gasteiger partial charge in [-0.25, -0.2) is 0 Å². The quantitative estimate of drug-likeness (QED) is 0.267. The van der Waals surface area contributed by atoms with Gasteiger partial charge in [0, 0.05) is 29.8 Å². The van der Waals surface area contributed by atoms with Gasteiger partial charge in [0.25, 0.3) is 0 Å². The SMILES string of the molecule is COc1cc2nccc(Oc3ccc4ccc(NC(=O)CCc5ccccc5)cc4c3)c2cc1OC. The van der Waals surface area contributed by atoms with Crippen molar-refractivity contribution in [2.45, 2.75) is 12.8 Å². The van der Waals surface area contributed by atoms with Gasteiger partial charge in [0.1, 0.15) is 11.5 Å². The molecule has 0 unspecified atom stereocenters. The topological polar surface area (TPSA) is 69.7 Å². The fraction of sp³-hybridized carbons (Fsp3) is 0.133. The number of carbonyl (C=O) groups is 1. The van der Waals surface area contributed by atoms with E-state index in [-0.39, 0.29) is 5.91 Å². The molecule has 180 valence electrons. The first-order valence-electron chi connectivity index (χ1n) is 11.7. The average Bonchev–Trinajstić information content (AvgIpc) is 2.91. The molecular formula is C30H26N2O4. The molecule has 6 heteroatoms. The molecule has 5 aromatic rings. The van der Waals surface area contributed by atoms with Gasteiger partial charge in [-0.05, 0) is 59.2 Å². The van der Waals surface area contributed by atoms with Crippen molar-refractivity contribution in [1.29, 1.82) is 0 Å². The van der Waals surface area contributed by atoms with Crippen LogP contribution in [0.5, 0.6) is 23.0 Å². The highest BCUT2D eigenvalue weighted by Crippen LogP contribution is 2.37. The van der Waals surface area contributed by atoms with E-state index in [1.165, 1.54) is 0 Å². The van der Waals surface area contributed by atoms with Gasteiger partial charge >= 0.3 is 0 Å².